The summed E-state index contributed by atoms with van der Waals surface area (Å²) >= 11 is 0. The predicted octanol–water partition coefficient (Wildman–Crippen LogP) is 3.70. The SMILES string of the molecule is Cc1ccccc1-c1noc(CNc2ccc(F)c([N+](=O)[O-])c2)n1. The lowest BCUT2D eigenvalue weighted by Gasteiger charge is -2.03. The lowest BCUT2D eigenvalue weighted by Crippen LogP contribution is -2.01. The van der Waals surface area contributed by atoms with Gasteiger partial charge in [0.1, 0.15) is 0 Å². The lowest BCUT2D eigenvalue weighted by molar-refractivity contribution is -0.387. The van der Waals surface area contributed by atoms with Crippen LogP contribution in [0, 0.1) is 22.9 Å². The van der Waals surface area contributed by atoms with Crippen molar-refractivity contribution in [2.75, 3.05) is 5.32 Å². The minimum Gasteiger partial charge on any atom is -0.376 e. The summed E-state index contributed by atoms with van der Waals surface area (Å²) in [5, 5.41) is 17.6. The molecule has 0 radical (unpaired) electrons. The van der Waals surface area contributed by atoms with E-state index in [-0.39, 0.29) is 6.54 Å². The van der Waals surface area contributed by atoms with E-state index in [1.54, 1.807) is 0 Å². The molecule has 1 aromatic heterocycles. The second kappa shape index (κ2) is 6.45. The summed E-state index contributed by atoms with van der Waals surface area (Å²) in [6.07, 6.45) is 0. The molecular formula is C16H13FN4O3. The van der Waals surface area contributed by atoms with Crippen LogP contribution in [0.1, 0.15) is 11.5 Å². The highest BCUT2D eigenvalue weighted by Crippen LogP contribution is 2.23. The van der Waals surface area contributed by atoms with Gasteiger partial charge in [0.05, 0.1) is 11.5 Å². The molecule has 0 atom stereocenters. The Morgan fingerprint density at radius 2 is 2.08 bits per heavy atom. The standard InChI is InChI=1S/C16H13FN4O3/c1-10-4-2-3-5-12(10)16-19-15(24-20-16)9-18-11-6-7-13(17)14(8-11)21(22)23/h2-8,18H,9H2,1H3. The fourth-order valence-electron chi connectivity index (χ4n) is 2.20. The van der Waals surface area contributed by atoms with Gasteiger partial charge in [-0.15, -0.1) is 0 Å². The number of aryl methyl sites for hydroxylation is 1. The second-order valence-corrected chi connectivity index (χ2v) is 5.10. The number of nitrogens with zero attached hydrogens (tertiary/aromatic N) is 3. The maximum absolute atomic E-state index is 13.3. The van der Waals surface area contributed by atoms with Gasteiger partial charge in [0.25, 0.3) is 0 Å². The number of hydrogen-bond acceptors (Lipinski definition) is 6. The maximum atomic E-state index is 13.3. The molecule has 0 unspecified atom stereocenters. The minimum atomic E-state index is -0.884. The Morgan fingerprint density at radius 3 is 2.83 bits per heavy atom. The van der Waals surface area contributed by atoms with Gasteiger partial charge < -0.3 is 9.84 Å². The zero-order chi connectivity index (χ0) is 17.1. The van der Waals surface area contributed by atoms with E-state index in [1.807, 2.05) is 31.2 Å². The molecule has 0 bridgehead atoms. The van der Waals surface area contributed by atoms with E-state index in [4.69, 9.17) is 4.52 Å². The molecule has 0 saturated heterocycles. The van der Waals surface area contributed by atoms with Crippen LogP contribution in [0.25, 0.3) is 11.4 Å². The molecule has 3 aromatic rings. The van der Waals surface area contributed by atoms with Gasteiger partial charge in [-0.1, -0.05) is 29.4 Å². The van der Waals surface area contributed by atoms with E-state index in [0.717, 1.165) is 23.3 Å². The van der Waals surface area contributed by atoms with Crippen molar-refractivity contribution < 1.29 is 13.8 Å². The molecule has 8 heteroatoms. The normalized spacial score (nSPS) is 10.6. The van der Waals surface area contributed by atoms with Crippen LogP contribution in [0.4, 0.5) is 15.8 Å². The van der Waals surface area contributed by atoms with Crippen molar-refractivity contribution in [1.82, 2.24) is 10.1 Å². The number of nitro benzene ring substituents is 1. The number of hydrogen-bond donors (Lipinski definition) is 1. The highest BCUT2D eigenvalue weighted by atomic mass is 19.1. The molecule has 0 spiro atoms. The third kappa shape index (κ3) is 3.22. The molecule has 0 saturated carbocycles. The van der Waals surface area contributed by atoms with Crippen LogP contribution in [0.3, 0.4) is 0 Å². The molecule has 1 N–H and O–H groups in total. The molecule has 24 heavy (non-hydrogen) atoms. The molecule has 0 amide bonds. The first-order valence-corrected chi connectivity index (χ1v) is 7.11. The van der Waals surface area contributed by atoms with Crippen molar-refractivity contribution in [3.05, 3.63) is 69.9 Å². The minimum absolute atomic E-state index is 0.168. The molecule has 3 rings (SSSR count). The van der Waals surface area contributed by atoms with E-state index >= 15 is 0 Å². The van der Waals surface area contributed by atoms with Gasteiger partial charge in [-0.05, 0) is 24.6 Å². The summed E-state index contributed by atoms with van der Waals surface area (Å²) in [5.41, 5.74) is 1.68. The van der Waals surface area contributed by atoms with Gasteiger partial charge in [0.15, 0.2) is 0 Å². The quantitative estimate of drug-likeness (QED) is 0.567. The molecule has 0 aliphatic carbocycles. The molecule has 0 fully saturated rings. The Balaban J connectivity index is 1.73. The third-order valence-corrected chi connectivity index (χ3v) is 3.44. The lowest BCUT2D eigenvalue weighted by atomic mass is 10.1. The van der Waals surface area contributed by atoms with Crippen molar-refractivity contribution in [2.45, 2.75) is 13.5 Å². The van der Waals surface area contributed by atoms with Gasteiger partial charge in [-0.25, -0.2) is 0 Å². The van der Waals surface area contributed by atoms with Crippen LogP contribution in [-0.2, 0) is 6.54 Å². The van der Waals surface area contributed by atoms with Gasteiger partial charge in [0, 0.05) is 17.3 Å². The Hall–Kier alpha value is -3.29. The van der Waals surface area contributed by atoms with E-state index < -0.39 is 16.4 Å². The summed E-state index contributed by atoms with van der Waals surface area (Å²) in [6.45, 7) is 2.11. The van der Waals surface area contributed by atoms with Gasteiger partial charge in [0.2, 0.25) is 17.5 Å². The average molecular weight is 328 g/mol. The topological polar surface area (TPSA) is 94.1 Å². The average Bonchev–Trinajstić information content (AvgIpc) is 3.03. The number of nitro groups is 1. The van der Waals surface area contributed by atoms with Gasteiger partial charge in [-0.2, -0.15) is 9.37 Å². The van der Waals surface area contributed by atoms with Gasteiger partial charge >= 0.3 is 5.69 Å². The van der Waals surface area contributed by atoms with Crippen LogP contribution in [0.5, 0.6) is 0 Å². The Morgan fingerprint density at radius 1 is 1.29 bits per heavy atom. The van der Waals surface area contributed by atoms with Crippen LogP contribution in [-0.4, -0.2) is 15.1 Å². The third-order valence-electron chi connectivity index (χ3n) is 3.44. The summed E-state index contributed by atoms with van der Waals surface area (Å²) in [6, 6.07) is 11.2. The van der Waals surface area contributed by atoms with Crippen molar-refractivity contribution in [3.8, 4) is 11.4 Å². The zero-order valence-electron chi connectivity index (χ0n) is 12.7. The van der Waals surface area contributed by atoms with Crippen LogP contribution in [0.15, 0.2) is 47.0 Å². The zero-order valence-corrected chi connectivity index (χ0v) is 12.7. The number of anilines is 1. The predicted molar refractivity (Wildman–Crippen MR) is 84.9 cm³/mol. The second-order valence-electron chi connectivity index (χ2n) is 5.10. The summed E-state index contributed by atoms with van der Waals surface area (Å²) in [7, 11) is 0. The van der Waals surface area contributed by atoms with Crippen molar-refractivity contribution >= 4 is 11.4 Å². The number of halogens is 1. The van der Waals surface area contributed by atoms with Crippen LogP contribution < -0.4 is 5.32 Å². The van der Waals surface area contributed by atoms with Crippen molar-refractivity contribution in [2.24, 2.45) is 0 Å². The molecule has 0 aliphatic rings. The number of rotatable bonds is 5. The smallest absolute Gasteiger partial charge is 0.306 e. The molecule has 2 aromatic carbocycles. The summed E-state index contributed by atoms with van der Waals surface area (Å²) in [4.78, 5) is 14.2. The Labute approximate surface area is 136 Å². The van der Waals surface area contributed by atoms with Crippen LogP contribution in [0.2, 0.25) is 0 Å². The van der Waals surface area contributed by atoms with Crippen molar-refractivity contribution in [3.63, 3.8) is 0 Å². The van der Waals surface area contributed by atoms with E-state index in [2.05, 4.69) is 15.5 Å². The first kappa shape index (κ1) is 15.6. The first-order valence-electron chi connectivity index (χ1n) is 7.11. The summed E-state index contributed by atoms with van der Waals surface area (Å²) in [5.74, 6) is -0.0969. The number of nitrogens with one attached hydrogen (secondary N) is 1. The summed E-state index contributed by atoms with van der Waals surface area (Å²) < 4.78 is 18.5. The molecule has 0 aliphatic heterocycles. The van der Waals surface area contributed by atoms with E-state index in [1.165, 1.54) is 6.07 Å². The number of benzene rings is 2. The monoisotopic (exact) mass is 328 g/mol. The fourth-order valence-corrected chi connectivity index (χ4v) is 2.20. The molecule has 1 heterocycles. The highest BCUT2D eigenvalue weighted by molar-refractivity contribution is 5.59. The fraction of sp³-hybridized carbons (Fsp3) is 0.125. The number of aromatic nitrogens is 2. The van der Waals surface area contributed by atoms with E-state index in [9.17, 15) is 14.5 Å². The van der Waals surface area contributed by atoms with Crippen molar-refractivity contribution in [1.29, 1.82) is 0 Å². The Bertz CT molecular complexity index is 895. The molecular weight excluding hydrogens is 315 g/mol. The largest absolute Gasteiger partial charge is 0.376 e. The van der Waals surface area contributed by atoms with Crippen LogP contribution >= 0.6 is 0 Å². The molecule has 7 nitrogen and oxygen atoms in total. The van der Waals surface area contributed by atoms with Gasteiger partial charge in [-0.3, -0.25) is 10.1 Å². The molecule has 122 valence electrons. The first-order chi connectivity index (χ1) is 11.5. The van der Waals surface area contributed by atoms with E-state index in [0.29, 0.717) is 17.4 Å². The highest BCUT2D eigenvalue weighted by Gasteiger charge is 2.15. The Kier molecular flexibility index (Phi) is 4.19. The maximum Gasteiger partial charge on any atom is 0.306 e.